The summed E-state index contributed by atoms with van der Waals surface area (Å²) in [6, 6.07) is 0. The number of hydrogen-bond donors (Lipinski definition) is 0. The Hall–Kier alpha value is -0.551. The molecular formula is C8H8MnO. The van der Waals surface area contributed by atoms with Crippen LogP contribution in [0.3, 0.4) is 0 Å². The molecule has 0 N–H and O–H groups in total. The molecule has 0 heterocycles. The third kappa shape index (κ3) is 2.36. The minimum atomic E-state index is 0.745. The first kappa shape index (κ1) is 7.56. The average Bonchev–Trinajstić information content (AvgIpc) is 2.41. The molecule has 53 valence electrons. The van der Waals surface area contributed by atoms with E-state index in [2.05, 4.69) is 18.2 Å². The van der Waals surface area contributed by atoms with Crippen LogP contribution >= 0.6 is 0 Å². The van der Waals surface area contributed by atoms with E-state index < -0.39 is 0 Å². The molecule has 0 saturated carbocycles. The molecule has 0 aromatic heterocycles. The SMILES string of the molecule is O=C=C[CH2][Mn][C]1=CC=CC1. The Bertz CT molecular complexity index is 209. The predicted molar refractivity (Wildman–Crippen MR) is 36.9 cm³/mol. The van der Waals surface area contributed by atoms with Crippen LogP contribution in [0, 0.1) is 0 Å². The van der Waals surface area contributed by atoms with E-state index in [9.17, 15) is 4.79 Å². The zero-order chi connectivity index (χ0) is 7.23. The van der Waals surface area contributed by atoms with E-state index in [1.807, 2.05) is 0 Å². The first-order valence-electron chi connectivity index (χ1n) is 3.07. The van der Waals surface area contributed by atoms with Gasteiger partial charge in [0.2, 0.25) is 0 Å². The molecule has 0 aromatic rings. The van der Waals surface area contributed by atoms with Gasteiger partial charge in [0.1, 0.15) is 0 Å². The van der Waals surface area contributed by atoms with Gasteiger partial charge in [-0.25, -0.2) is 0 Å². The molecule has 0 fully saturated rings. The zero-order valence-corrected chi connectivity index (χ0v) is 6.69. The third-order valence-corrected chi connectivity index (χ3v) is 2.59. The van der Waals surface area contributed by atoms with Gasteiger partial charge in [0, 0.05) is 0 Å². The fraction of sp³-hybridized carbons (Fsp3) is 0.250. The Morgan fingerprint density at radius 3 is 3.30 bits per heavy atom. The number of allylic oxidation sites excluding steroid dienone is 5. The van der Waals surface area contributed by atoms with Crippen LogP contribution in [-0.4, -0.2) is 5.94 Å². The molecule has 0 radical (unpaired) electrons. The topological polar surface area (TPSA) is 17.1 Å². The van der Waals surface area contributed by atoms with E-state index in [1.54, 1.807) is 12.0 Å². The molecule has 0 bridgehead atoms. The molecule has 10 heavy (non-hydrogen) atoms. The van der Waals surface area contributed by atoms with Gasteiger partial charge in [0.05, 0.1) is 0 Å². The first-order valence-corrected chi connectivity index (χ1v) is 4.50. The third-order valence-electron chi connectivity index (χ3n) is 1.14. The minimum absolute atomic E-state index is 0.745. The second-order valence-corrected chi connectivity index (χ2v) is 3.51. The molecule has 0 atom stereocenters. The Balaban J connectivity index is 2.21. The summed E-state index contributed by atoms with van der Waals surface area (Å²) in [5.74, 6) is 1.78. The van der Waals surface area contributed by atoms with Crippen molar-refractivity contribution in [2.24, 2.45) is 0 Å². The van der Waals surface area contributed by atoms with Gasteiger partial charge in [0.25, 0.3) is 0 Å². The maximum atomic E-state index is 9.77. The molecule has 1 nitrogen and oxygen atoms in total. The van der Waals surface area contributed by atoms with Gasteiger partial charge in [-0.3, -0.25) is 0 Å². The number of rotatable bonds is 3. The zero-order valence-electron chi connectivity index (χ0n) is 5.51. The van der Waals surface area contributed by atoms with Crippen molar-refractivity contribution in [3.8, 4) is 0 Å². The normalized spacial score (nSPS) is 14.6. The van der Waals surface area contributed by atoms with Crippen molar-refractivity contribution in [1.82, 2.24) is 0 Å². The maximum absolute atomic E-state index is 9.77. The van der Waals surface area contributed by atoms with Gasteiger partial charge in [-0.05, 0) is 0 Å². The molecule has 1 aliphatic rings. The molecule has 0 aromatic carbocycles. The average molecular weight is 175 g/mol. The van der Waals surface area contributed by atoms with Crippen LogP contribution in [0.1, 0.15) is 6.42 Å². The molecular weight excluding hydrogens is 167 g/mol. The van der Waals surface area contributed by atoms with Gasteiger partial charge in [-0.1, -0.05) is 0 Å². The van der Waals surface area contributed by atoms with Crippen LogP contribution in [0.2, 0.25) is 5.32 Å². The summed E-state index contributed by atoms with van der Waals surface area (Å²) < 4.78 is 1.44. The summed E-state index contributed by atoms with van der Waals surface area (Å²) in [7, 11) is 0. The Labute approximate surface area is 66.7 Å². The van der Waals surface area contributed by atoms with Gasteiger partial charge < -0.3 is 0 Å². The Morgan fingerprint density at radius 1 is 1.80 bits per heavy atom. The van der Waals surface area contributed by atoms with E-state index in [1.165, 1.54) is 4.47 Å². The number of carbonyl (C=O) groups excluding carboxylic acids is 1. The molecule has 0 aliphatic heterocycles. The summed E-state index contributed by atoms with van der Waals surface area (Å²) in [6.45, 7) is 0. The van der Waals surface area contributed by atoms with Crippen LogP contribution in [0.4, 0.5) is 0 Å². The fourth-order valence-corrected chi connectivity index (χ4v) is 1.78. The van der Waals surface area contributed by atoms with Crippen LogP contribution in [0.15, 0.2) is 28.8 Å². The van der Waals surface area contributed by atoms with Crippen molar-refractivity contribution in [2.45, 2.75) is 11.7 Å². The van der Waals surface area contributed by atoms with E-state index >= 15 is 0 Å². The van der Waals surface area contributed by atoms with Gasteiger partial charge in [-0.15, -0.1) is 0 Å². The molecule has 0 spiro atoms. The van der Waals surface area contributed by atoms with Gasteiger partial charge >= 0.3 is 66.2 Å². The molecule has 2 heteroatoms. The fourth-order valence-electron chi connectivity index (χ4n) is 0.689. The summed E-state index contributed by atoms with van der Waals surface area (Å²) in [5, 5.41) is 0.862. The Morgan fingerprint density at radius 2 is 2.70 bits per heavy atom. The van der Waals surface area contributed by atoms with E-state index in [4.69, 9.17) is 0 Å². The van der Waals surface area contributed by atoms with E-state index in [0.29, 0.717) is 0 Å². The van der Waals surface area contributed by atoms with Crippen molar-refractivity contribution in [3.05, 3.63) is 28.8 Å². The monoisotopic (exact) mass is 175 g/mol. The molecule has 0 unspecified atom stereocenters. The second-order valence-electron chi connectivity index (χ2n) is 1.86. The summed E-state index contributed by atoms with van der Waals surface area (Å²) in [5.41, 5.74) is 0. The van der Waals surface area contributed by atoms with Gasteiger partial charge in [-0.2, -0.15) is 0 Å². The molecule has 0 saturated heterocycles. The van der Waals surface area contributed by atoms with Crippen LogP contribution in [-0.2, 0) is 19.8 Å². The van der Waals surface area contributed by atoms with Crippen LogP contribution in [0.5, 0.6) is 0 Å². The standard InChI is InChI=1S/C5H5.C3H3O.Mn/c1-2-4-5-3-1;1-2-3-4;/h1-3H,4H2;2H,1H2;. The van der Waals surface area contributed by atoms with Crippen molar-refractivity contribution in [2.75, 3.05) is 0 Å². The van der Waals surface area contributed by atoms with E-state index in [-0.39, 0.29) is 0 Å². The predicted octanol–water partition coefficient (Wildman–Crippen LogP) is 1.72. The van der Waals surface area contributed by atoms with E-state index in [0.717, 1.165) is 26.7 Å². The van der Waals surface area contributed by atoms with Crippen LogP contribution < -0.4 is 0 Å². The van der Waals surface area contributed by atoms with Crippen molar-refractivity contribution in [3.63, 3.8) is 0 Å². The van der Waals surface area contributed by atoms with Crippen molar-refractivity contribution in [1.29, 1.82) is 0 Å². The Kier molecular flexibility index (Phi) is 3.24. The van der Waals surface area contributed by atoms with Gasteiger partial charge in [0.15, 0.2) is 0 Å². The molecule has 0 amide bonds. The summed E-state index contributed by atoms with van der Waals surface area (Å²) in [6.07, 6.45) is 8.95. The second kappa shape index (κ2) is 4.29. The summed E-state index contributed by atoms with van der Waals surface area (Å²) >= 11 is 0.745. The molecule has 1 aliphatic carbocycles. The first-order chi connectivity index (χ1) is 4.93. The van der Waals surface area contributed by atoms with Crippen molar-refractivity contribution >= 4 is 5.94 Å². The quantitative estimate of drug-likeness (QED) is 0.471. The van der Waals surface area contributed by atoms with Crippen LogP contribution in [0.25, 0.3) is 0 Å². The van der Waals surface area contributed by atoms with Crippen molar-refractivity contribution < 1.29 is 19.8 Å². The summed E-state index contributed by atoms with van der Waals surface area (Å²) in [4.78, 5) is 9.77. The number of hydrogen-bond acceptors (Lipinski definition) is 1. The molecule has 1 rings (SSSR count).